The number of benzene rings is 8. The van der Waals surface area contributed by atoms with E-state index in [-0.39, 0.29) is 93.1 Å². The molecule has 133 heavy (non-hydrogen) atoms. The van der Waals surface area contributed by atoms with Gasteiger partial charge in [0.2, 0.25) is 23.6 Å². The number of nitrogens with zero attached hydrogens (tertiary/aromatic N) is 4. The van der Waals surface area contributed by atoms with E-state index in [0.717, 1.165) is 22.3 Å². The minimum absolute atomic E-state index is 0.00860. The van der Waals surface area contributed by atoms with Gasteiger partial charge in [-0.25, -0.2) is 45.8 Å². The van der Waals surface area contributed by atoms with Gasteiger partial charge in [0, 0.05) is 83.7 Å². The van der Waals surface area contributed by atoms with Crippen molar-refractivity contribution in [2.24, 2.45) is 11.8 Å². The second kappa shape index (κ2) is 40.4. The van der Waals surface area contributed by atoms with Gasteiger partial charge in [0.25, 0.3) is 31.9 Å². The number of aliphatic carboxylic acids is 1. The third kappa shape index (κ3) is 23.6. The lowest BCUT2D eigenvalue weighted by atomic mass is 10.0. The average molecular weight is 1850 g/mol. The Morgan fingerprint density at radius 3 is 1.23 bits per heavy atom. The number of likely N-dealkylation sites (tertiary alicyclic amines) is 2. The fraction of sp³-hybridized carbons (Fsp3) is 0.313. The number of ether oxygens (including phenoxy) is 7. The van der Waals surface area contributed by atoms with E-state index in [1.54, 1.807) is 135 Å². The fourth-order valence-electron chi connectivity index (χ4n) is 16.0. The summed E-state index contributed by atoms with van der Waals surface area (Å²) in [5.74, 6) is -5.19. The molecule has 8 atom stereocenters. The molecule has 2 saturated carbocycles. The van der Waals surface area contributed by atoms with Crippen molar-refractivity contribution in [2.45, 2.75) is 162 Å². The van der Waals surface area contributed by atoms with Gasteiger partial charge >= 0.3 is 24.1 Å². The Bertz CT molecular complexity index is 6410. The molecule has 0 spiro atoms. The second-order valence-electron chi connectivity index (χ2n) is 34.7. The largest absolute Gasteiger partial charge is 0.497 e. The Kier molecular flexibility index (Phi) is 29.2. The van der Waals surface area contributed by atoms with Crippen LogP contribution in [0.15, 0.2) is 241 Å². The number of sulfonamides is 2. The topological polar surface area (TPSA) is 428 Å². The lowest BCUT2D eigenvalue weighted by molar-refractivity contribution is -0.140. The molecule has 4 heterocycles. The van der Waals surface area contributed by atoms with Gasteiger partial charge in [0.05, 0.1) is 81.1 Å². The number of carboxylic acids is 1. The Labute approximate surface area is 769 Å². The highest BCUT2D eigenvalue weighted by molar-refractivity contribution is 7.90. The van der Waals surface area contributed by atoms with Gasteiger partial charge in [-0.2, -0.15) is 0 Å². The van der Waals surface area contributed by atoms with Crippen molar-refractivity contribution in [1.82, 2.24) is 39.8 Å². The first kappa shape index (κ1) is 96.0. The average Bonchev–Trinajstić information content (AvgIpc) is 1.58. The number of amides is 8. The number of rotatable bonds is 32. The molecule has 4 fully saturated rings. The first-order chi connectivity index (χ1) is 63.3. The normalized spacial score (nSPS) is 19.0. The number of methoxy groups -OCH3 is 3. The zero-order chi connectivity index (χ0) is 95.5. The predicted molar refractivity (Wildman–Crippen MR) is 495 cm³/mol. The Morgan fingerprint density at radius 1 is 0.481 bits per heavy atom. The molecule has 4 aliphatic rings. The maximum absolute atomic E-state index is 14.5. The fourth-order valence-corrected chi connectivity index (χ4v) is 18.4. The van der Waals surface area contributed by atoms with Gasteiger partial charge in [-0.15, -0.1) is 13.2 Å². The van der Waals surface area contributed by atoms with Crippen LogP contribution in [-0.2, 0) is 98.3 Å². The molecule has 2 aromatic heterocycles. The lowest BCUT2D eigenvalue weighted by Crippen LogP contribution is -2.56. The highest BCUT2D eigenvalue weighted by atomic mass is 32.2. The SMILES string of the molecule is C=C[C@@H]1C[C@]1(NC(=O)[C@@H]1C[C@@H](Oc2cc(-c3ccccc3)nc3cc(OC)ccc23)CN1C(=O)OC(C)(C)C)C(=O)NS(=O)(=O)c1ccccc1NC(=O)Cc1cccc(CCC(=O)O)c1.C=C[C@@H]1C[C@]1(NC(=O)[C@@H]1C[C@@H](Oc2cc(-c3ccccc3)nc3cc(OC)ccc23)CN1C(=O)OC(C)(C)C)C(=O)NS(=O)(=O)c1ccccc1NC(=O)Cc1cccc(CCC(=O)OC)c1. The van der Waals surface area contributed by atoms with E-state index in [1.165, 1.54) is 77.6 Å². The molecule has 2 aliphatic heterocycles. The molecule has 0 bridgehead atoms. The number of hydrogen-bond acceptors (Lipinski definition) is 23. The van der Waals surface area contributed by atoms with Gasteiger partial charge < -0.3 is 59.5 Å². The Hall–Kier alpha value is -14.5. The number of pyridine rings is 2. The number of carboxylic acid groups (broad SMARTS) is 1. The molecule has 2 saturated heterocycles. The quantitative estimate of drug-likeness (QED) is 0.0117. The summed E-state index contributed by atoms with van der Waals surface area (Å²) in [6.07, 6.45) is 0.376. The van der Waals surface area contributed by atoms with Gasteiger partial charge in [-0.1, -0.05) is 146 Å². The smallest absolute Gasteiger partial charge is 0.411 e. The standard InChI is InChI=1S/C50H53N5O11S.C49H51N5O11S/c1-7-34-29-50(34,47(59)54-67(61,62)43-19-12-11-18-38(43)52-44(56)25-32-15-13-14-31(24-32)20-23-45(57)64-6)53-46(58)41-27-36(30-55(41)48(60)66-49(2,3)4)65-42-28-39(33-16-9-8-10-17-33)51-40-26-35(63-5)21-22-37(40)42;1-6-33-28-49(33,46(59)53-66(61,62)42-18-11-10-17-37(42)51-43(55)24-31-14-12-13-30(23-31)19-22-44(56)57)52-45(58)40-26-35(29-54(40)47(60)65-48(2,3)4)64-41-27-38(32-15-8-7-9-16-32)50-39-25-34(63-5)20-21-36(39)41/h7-19,21-22,24,26,28,34,36,41H,1,20,23,25,27,29-30H2,2-6H3,(H,52,56)(H,53,58)(H,54,59);6-18,20-21,23,25,27,33,35,40H,1,19,22,24,26,28-29H2,2-5H3,(H,51,55)(H,52,58)(H,53,59)(H,56,57)/t34-,36-,41+,50-;33-,35-,40+,49-/m11/s1. The van der Waals surface area contributed by atoms with Gasteiger partial charge in [0.1, 0.15) is 79.4 Å². The van der Waals surface area contributed by atoms with Crippen LogP contribution >= 0.6 is 0 Å². The first-order valence-electron chi connectivity index (χ1n) is 43.0. The van der Waals surface area contributed by atoms with Crippen molar-refractivity contribution >= 4 is 113 Å². The Balaban J connectivity index is 0.000000226. The summed E-state index contributed by atoms with van der Waals surface area (Å²) < 4.78 is 100. The van der Waals surface area contributed by atoms with Crippen molar-refractivity contribution < 1.29 is 103 Å². The Morgan fingerprint density at radius 2 is 0.865 bits per heavy atom. The van der Waals surface area contributed by atoms with Crippen LogP contribution in [-0.4, -0.2) is 182 Å². The van der Waals surface area contributed by atoms with E-state index in [1.807, 2.05) is 78.9 Å². The number of fused-ring (bicyclic) bond motifs is 2. The minimum atomic E-state index is -4.67. The van der Waals surface area contributed by atoms with Crippen LogP contribution < -0.4 is 49.7 Å². The van der Waals surface area contributed by atoms with Crippen molar-refractivity contribution in [3.05, 3.63) is 254 Å². The molecule has 8 amide bonds. The summed E-state index contributed by atoms with van der Waals surface area (Å²) in [5.41, 5.74) is 1.35. The molecule has 34 heteroatoms. The van der Waals surface area contributed by atoms with E-state index >= 15 is 0 Å². The van der Waals surface area contributed by atoms with E-state index in [4.69, 9.17) is 48.2 Å². The number of para-hydroxylation sites is 2. The molecule has 8 aromatic carbocycles. The second-order valence-corrected chi connectivity index (χ2v) is 38.0. The van der Waals surface area contributed by atoms with Gasteiger partial charge in [-0.3, -0.25) is 48.2 Å². The van der Waals surface area contributed by atoms with Gasteiger partial charge in [0.15, 0.2) is 0 Å². The molecular weight excluding hydrogens is 1750 g/mol. The van der Waals surface area contributed by atoms with Crippen LogP contribution in [0.5, 0.6) is 23.0 Å². The molecule has 14 rings (SSSR count). The number of esters is 1. The third-order valence-corrected chi connectivity index (χ3v) is 25.5. The summed E-state index contributed by atoms with van der Waals surface area (Å²) in [5, 5.41) is 21.2. The zero-order valence-corrected chi connectivity index (χ0v) is 76.4. The number of carbonyl (C=O) groups excluding carboxylic acids is 9. The van der Waals surface area contributed by atoms with Crippen LogP contribution in [0.3, 0.4) is 0 Å². The molecule has 7 N–H and O–H groups in total. The van der Waals surface area contributed by atoms with Crippen LogP contribution in [0.4, 0.5) is 21.0 Å². The molecule has 694 valence electrons. The van der Waals surface area contributed by atoms with E-state index < -0.39 is 137 Å². The predicted octanol–water partition coefficient (Wildman–Crippen LogP) is 13.0. The van der Waals surface area contributed by atoms with Crippen LogP contribution in [0.1, 0.15) is 102 Å². The maximum atomic E-state index is 14.5. The first-order valence-corrected chi connectivity index (χ1v) is 45.9. The van der Waals surface area contributed by atoms with E-state index in [9.17, 15) is 64.8 Å². The number of carbonyl (C=O) groups is 10. The van der Waals surface area contributed by atoms with Crippen molar-refractivity contribution in [1.29, 1.82) is 0 Å². The minimum Gasteiger partial charge on any atom is -0.497 e. The molecule has 32 nitrogen and oxygen atoms in total. The van der Waals surface area contributed by atoms with E-state index in [2.05, 4.69) is 43.9 Å². The molecule has 10 aromatic rings. The van der Waals surface area contributed by atoms with E-state index in [0.29, 0.717) is 73.7 Å². The highest BCUT2D eigenvalue weighted by Crippen LogP contribution is 2.48. The number of aryl methyl sites for hydroxylation is 2. The summed E-state index contributed by atoms with van der Waals surface area (Å²) in [4.78, 5) is 145. The summed E-state index contributed by atoms with van der Waals surface area (Å²) in [6, 6.07) is 56.1. The molecular formula is C99H104N10O22S2. The third-order valence-electron chi connectivity index (χ3n) is 22.7. The molecule has 0 radical (unpaired) electrons. The maximum Gasteiger partial charge on any atom is 0.411 e. The van der Waals surface area contributed by atoms with Crippen molar-refractivity contribution in [3.63, 3.8) is 0 Å². The molecule has 0 unspecified atom stereocenters. The monoisotopic (exact) mass is 1850 g/mol. The summed E-state index contributed by atoms with van der Waals surface area (Å²) in [7, 11) is -4.90. The van der Waals surface area contributed by atoms with Crippen molar-refractivity contribution in [3.8, 4) is 45.5 Å². The summed E-state index contributed by atoms with van der Waals surface area (Å²) in [6.45, 7) is 17.7. The number of aromatic nitrogens is 2. The van der Waals surface area contributed by atoms with Crippen LogP contribution in [0.2, 0.25) is 0 Å². The lowest BCUT2D eigenvalue weighted by Gasteiger charge is -2.29. The highest BCUT2D eigenvalue weighted by Gasteiger charge is 2.63. The van der Waals surface area contributed by atoms with Gasteiger partial charge in [-0.05, 0) is 138 Å². The van der Waals surface area contributed by atoms with Crippen LogP contribution in [0.25, 0.3) is 44.3 Å². The number of nitrogens with one attached hydrogen (secondary N) is 6. The zero-order valence-electron chi connectivity index (χ0n) is 74.8. The molecule has 2 aliphatic carbocycles. The van der Waals surface area contributed by atoms with Crippen LogP contribution in [0, 0.1) is 11.8 Å². The van der Waals surface area contributed by atoms with Crippen molar-refractivity contribution in [2.75, 3.05) is 45.1 Å². The number of hydrogen-bond donors (Lipinski definition) is 7. The summed E-state index contributed by atoms with van der Waals surface area (Å²) >= 11 is 0. The number of anilines is 2.